The van der Waals surface area contributed by atoms with E-state index in [4.69, 9.17) is 9.98 Å². The van der Waals surface area contributed by atoms with E-state index in [-0.39, 0.29) is 17.5 Å². The van der Waals surface area contributed by atoms with Gasteiger partial charge in [0, 0.05) is 12.1 Å². The van der Waals surface area contributed by atoms with Crippen LogP contribution in [0.15, 0.2) is 70.6 Å². The molecule has 0 aliphatic carbocycles. The zero-order valence-electron chi connectivity index (χ0n) is 19.0. The van der Waals surface area contributed by atoms with Crippen LogP contribution in [0.3, 0.4) is 0 Å². The molecule has 1 heterocycles. The first-order valence-electron chi connectivity index (χ1n) is 10.9. The Balaban J connectivity index is 1.55. The van der Waals surface area contributed by atoms with E-state index in [1.165, 1.54) is 29.5 Å². The lowest BCUT2D eigenvalue weighted by Gasteiger charge is -2.09. The van der Waals surface area contributed by atoms with Crippen molar-refractivity contribution in [2.45, 2.75) is 33.6 Å². The smallest absolute Gasteiger partial charge is 0.234 e. The normalized spacial score (nSPS) is 13.0. The molecule has 6 heteroatoms. The monoisotopic (exact) mass is 459 g/mol. The number of hydrogen-bond donors (Lipinski definition) is 1. The molecule has 4 nitrogen and oxygen atoms in total. The molecule has 0 spiro atoms. The minimum atomic E-state index is -0.285. The van der Waals surface area contributed by atoms with Crippen molar-refractivity contribution in [2.75, 3.05) is 11.1 Å². The lowest BCUT2D eigenvalue weighted by atomic mass is 10.1. The van der Waals surface area contributed by atoms with Crippen molar-refractivity contribution in [2.24, 2.45) is 9.98 Å². The summed E-state index contributed by atoms with van der Waals surface area (Å²) in [5, 5.41) is 3.75. The molecule has 1 aliphatic rings. The second kappa shape index (κ2) is 10.1. The summed E-state index contributed by atoms with van der Waals surface area (Å²) >= 11 is 1.40. The average Bonchev–Trinajstić information content (AvgIpc) is 2.98. The molecule has 168 valence electrons. The Morgan fingerprint density at radius 2 is 1.61 bits per heavy atom. The van der Waals surface area contributed by atoms with Crippen molar-refractivity contribution in [1.82, 2.24) is 0 Å². The standard InChI is InChI=1S/C27H26FN3OS/c1-4-19-5-11-22(12-6-19)29-26(32)16-33-27-15-23(20-7-9-21(28)10-8-20)30-24-13-17(2)18(3)14-25(24)31-27/h5-14H,4,15-16H2,1-3H3,(H,29,32). The predicted molar refractivity (Wildman–Crippen MR) is 137 cm³/mol. The lowest BCUT2D eigenvalue weighted by molar-refractivity contribution is -0.113. The van der Waals surface area contributed by atoms with Gasteiger partial charge in [0.1, 0.15) is 5.82 Å². The van der Waals surface area contributed by atoms with E-state index in [0.717, 1.165) is 50.9 Å². The van der Waals surface area contributed by atoms with Crippen LogP contribution in [-0.2, 0) is 11.2 Å². The fraction of sp³-hybridized carbons (Fsp3) is 0.222. The van der Waals surface area contributed by atoms with E-state index >= 15 is 0 Å². The maximum Gasteiger partial charge on any atom is 0.234 e. The largest absolute Gasteiger partial charge is 0.325 e. The minimum Gasteiger partial charge on any atom is -0.325 e. The van der Waals surface area contributed by atoms with Crippen molar-refractivity contribution in [3.63, 3.8) is 0 Å². The number of fused-ring (bicyclic) bond motifs is 1. The molecule has 0 fully saturated rings. The fourth-order valence-electron chi connectivity index (χ4n) is 3.53. The third kappa shape index (κ3) is 5.76. The van der Waals surface area contributed by atoms with Gasteiger partial charge < -0.3 is 5.32 Å². The van der Waals surface area contributed by atoms with E-state index in [1.54, 1.807) is 12.1 Å². The van der Waals surface area contributed by atoms with Gasteiger partial charge in [0.15, 0.2) is 0 Å². The molecule has 0 atom stereocenters. The first-order chi connectivity index (χ1) is 15.9. The van der Waals surface area contributed by atoms with Crippen molar-refractivity contribution >= 4 is 45.5 Å². The van der Waals surface area contributed by atoms with Gasteiger partial charge in [0.25, 0.3) is 0 Å². The van der Waals surface area contributed by atoms with Gasteiger partial charge in [0.2, 0.25) is 5.91 Å². The molecule has 4 rings (SSSR count). The molecular weight excluding hydrogens is 433 g/mol. The highest BCUT2D eigenvalue weighted by molar-refractivity contribution is 8.14. The Morgan fingerprint density at radius 1 is 0.970 bits per heavy atom. The number of nitrogens with one attached hydrogen (secondary N) is 1. The second-order valence-electron chi connectivity index (χ2n) is 8.06. The maximum absolute atomic E-state index is 13.5. The number of carbonyl (C=O) groups is 1. The molecule has 1 N–H and O–H groups in total. The van der Waals surface area contributed by atoms with E-state index in [9.17, 15) is 9.18 Å². The van der Waals surface area contributed by atoms with Crippen LogP contribution in [0.2, 0.25) is 0 Å². The second-order valence-corrected chi connectivity index (χ2v) is 9.11. The highest BCUT2D eigenvalue weighted by Crippen LogP contribution is 2.36. The number of aliphatic imine (C=N–C) groups is 2. The van der Waals surface area contributed by atoms with Crippen LogP contribution in [0.5, 0.6) is 0 Å². The Hall–Kier alpha value is -3.25. The molecule has 1 amide bonds. The molecular formula is C27H26FN3OS. The molecule has 3 aromatic carbocycles. The van der Waals surface area contributed by atoms with Gasteiger partial charge in [-0.25, -0.2) is 9.38 Å². The van der Waals surface area contributed by atoms with Gasteiger partial charge in [-0.1, -0.05) is 31.2 Å². The van der Waals surface area contributed by atoms with Gasteiger partial charge in [-0.2, -0.15) is 0 Å². The molecule has 0 saturated carbocycles. The van der Waals surface area contributed by atoms with E-state index in [1.807, 2.05) is 50.2 Å². The minimum absolute atomic E-state index is 0.0863. The summed E-state index contributed by atoms with van der Waals surface area (Å²) in [7, 11) is 0. The number of hydrogen-bond acceptors (Lipinski definition) is 4. The fourth-order valence-corrected chi connectivity index (χ4v) is 4.30. The Morgan fingerprint density at radius 3 is 2.24 bits per heavy atom. The number of thioether (sulfide) groups is 1. The topological polar surface area (TPSA) is 53.8 Å². The van der Waals surface area contributed by atoms with Crippen LogP contribution in [0.25, 0.3) is 0 Å². The Bertz CT molecular complexity index is 1230. The molecule has 0 aromatic heterocycles. The average molecular weight is 460 g/mol. The number of carbonyl (C=O) groups excluding carboxylic acids is 1. The number of benzene rings is 3. The summed E-state index contributed by atoms with van der Waals surface area (Å²) in [6.07, 6.45) is 1.43. The number of anilines is 1. The third-order valence-electron chi connectivity index (χ3n) is 5.60. The van der Waals surface area contributed by atoms with Gasteiger partial charge in [-0.05, 0) is 78.9 Å². The van der Waals surface area contributed by atoms with Crippen molar-refractivity contribution in [3.8, 4) is 0 Å². The van der Waals surface area contributed by atoms with Crippen LogP contribution in [-0.4, -0.2) is 22.4 Å². The summed E-state index contributed by atoms with van der Waals surface area (Å²) < 4.78 is 13.5. The van der Waals surface area contributed by atoms with E-state index in [0.29, 0.717) is 6.42 Å². The quantitative estimate of drug-likeness (QED) is 0.450. The summed E-state index contributed by atoms with van der Waals surface area (Å²) in [4.78, 5) is 22.3. The Labute approximate surface area is 198 Å². The molecule has 0 saturated heterocycles. The van der Waals surface area contributed by atoms with Crippen molar-refractivity contribution in [1.29, 1.82) is 0 Å². The first kappa shape index (κ1) is 22.9. The SMILES string of the molecule is CCc1ccc(NC(=O)CSC2=Nc3cc(C)c(C)cc3N=C(c3ccc(F)cc3)C2)cc1. The molecule has 0 radical (unpaired) electrons. The van der Waals surface area contributed by atoms with Crippen LogP contribution < -0.4 is 5.32 Å². The summed E-state index contributed by atoms with van der Waals surface area (Å²) in [5.74, 6) is -0.130. The van der Waals surface area contributed by atoms with Gasteiger partial charge in [-0.3, -0.25) is 9.79 Å². The van der Waals surface area contributed by atoms with Crippen LogP contribution in [0, 0.1) is 19.7 Å². The zero-order valence-corrected chi connectivity index (χ0v) is 19.8. The van der Waals surface area contributed by atoms with Crippen LogP contribution >= 0.6 is 11.8 Å². The first-order valence-corrected chi connectivity index (χ1v) is 11.9. The number of aryl methyl sites for hydroxylation is 3. The predicted octanol–water partition coefficient (Wildman–Crippen LogP) is 6.93. The van der Waals surface area contributed by atoms with E-state index in [2.05, 4.69) is 12.2 Å². The summed E-state index contributed by atoms with van der Waals surface area (Å²) in [6, 6.07) is 18.3. The molecule has 1 aliphatic heterocycles. The van der Waals surface area contributed by atoms with Crippen LogP contribution in [0.1, 0.15) is 35.6 Å². The molecule has 0 unspecified atom stereocenters. The third-order valence-corrected chi connectivity index (χ3v) is 6.58. The van der Waals surface area contributed by atoms with E-state index < -0.39 is 0 Å². The molecule has 3 aromatic rings. The van der Waals surface area contributed by atoms with Crippen molar-refractivity contribution in [3.05, 3.63) is 88.7 Å². The maximum atomic E-state index is 13.5. The highest BCUT2D eigenvalue weighted by atomic mass is 32.2. The highest BCUT2D eigenvalue weighted by Gasteiger charge is 2.18. The van der Waals surface area contributed by atoms with Crippen molar-refractivity contribution < 1.29 is 9.18 Å². The summed E-state index contributed by atoms with van der Waals surface area (Å²) in [6.45, 7) is 6.19. The number of nitrogens with zero attached hydrogens (tertiary/aromatic N) is 2. The Kier molecular flexibility index (Phi) is 7.04. The van der Waals surface area contributed by atoms with Gasteiger partial charge in [-0.15, -0.1) is 11.8 Å². The van der Waals surface area contributed by atoms with Crippen LogP contribution in [0.4, 0.5) is 21.5 Å². The number of halogens is 1. The molecule has 0 bridgehead atoms. The zero-order chi connectivity index (χ0) is 23.4. The lowest BCUT2D eigenvalue weighted by Crippen LogP contribution is -2.16. The van der Waals surface area contributed by atoms with Gasteiger partial charge in [0.05, 0.1) is 27.9 Å². The number of rotatable bonds is 5. The summed E-state index contributed by atoms with van der Waals surface area (Å²) in [5.41, 5.74) is 7.50. The van der Waals surface area contributed by atoms with Gasteiger partial charge >= 0.3 is 0 Å². The number of amides is 1. The molecule has 33 heavy (non-hydrogen) atoms.